The largest absolute Gasteiger partial charge is 0.480 e. The predicted molar refractivity (Wildman–Crippen MR) is 76.4 cm³/mol. The Hall–Kier alpha value is -1.06. The van der Waals surface area contributed by atoms with Crippen LogP contribution in [0, 0.1) is 5.92 Å². The van der Waals surface area contributed by atoms with Crippen molar-refractivity contribution in [3.8, 4) is 0 Å². The third-order valence-corrected chi connectivity index (χ3v) is 4.63. The lowest BCUT2D eigenvalue weighted by Gasteiger charge is -2.52. The molecule has 0 radical (unpaired) electrons. The molecule has 0 unspecified atom stereocenters. The van der Waals surface area contributed by atoms with Crippen LogP contribution in [-0.2, 0) is 11.3 Å². The average molecular weight is 282 g/mol. The minimum atomic E-state index is -0.628. The van der Waals surface area contributed by atoms with Crippen molar-refractivity contribution in [2.24, 2.45) is 5.92 Å². The monoisotopic (exact) mass is 281 g/mol. The highest BCUT2D eigenvalue weighted by Crippen LogP contribution is 2.43. The number of aliphatic carboxylic acids is 1. The molecule has 104 valence electrons. The highest BCUT2D eigenvalue weighted by molar-refractivity contribution is 5.85. The summed E-state index contributed by atoms with van der Waals surface area (Å²) in [6.45, 7) is 1.71. The van der Waals surface area contributed by atoms with Crippen LogP contribution in [0.25, 0.3) is 0 Å². The molecule has 4 heteroatoms. The molecule has 3 nitrogen and oxygen atoms in total. The molecule has 2 bridgehead atoms. The van der Waals surface area contributed by atoms with Gasteiger partial charge in [-0.2, -0.15) is 0 Å². The van der Waals surface area contributed by atoms with Crippen molar-refractivity contribution >= 4 is 18.4 Å². The first-order valence-corrected chi connectivity index (χ1v) is 6.73. The quantitative estimate of drug-likeness (QED) is 0.926. The average Bonchev–Trinajstić information content (AvgIpc) is 2.41. The number of hydrogen-bond acceptors (Lipinski definition) is 2. The van der Waals surface area contributed by atoms with Gasteiger partial charge in [0.15, 0.2) is 0 Å². The highest BCUT2D eigenvalue weighted by atomic mass is 35.5. The maximum Gasteiger partial charge on any atom is 0.324 e. The predicted octanol–water partition coefficient (Wildman–Crippen LogP) is 2.94. The molecule has 0 amide bonds. The van der Waals surface area contributed by atoms with Crippen molar-refractivity contribution in [2.45, 2.75) is 37.8 Å². The van der Waals surface area contributed by atoms with Gasteiger partial charge in [0, 0.05) is 13.1 Å². The number of hydrogen-bond donors (Lipinski definition) is 1. The first-order chi connectivity index (χ1) is 8.71. The number of carboxylic acid groups (broad SMARTS) is 1. The maximum absolute atomic E-state index is 11.7. The minimum Gasteiger partial charge on any atom is -0.480 e. The van der Waals surface area contributed by atoms with E-state index in [4.69, 9.17) is 0 Å². The molecule has 3 fully saturated rings. The molecule has 1 saturated carbocycles. The van der Waals surface area contributed by atoms with Gasteiger partial charge < -0.3 is 5.11 Å². The summed E-state index contributed by atoms with van der Waals surface area (Å²) in [5.41, 5.74) is 0.621. The van der Waals surface area contributed by atoms with Gasteiger partial charge in [0.05, 0.1) is 0 Å². The lowest BCUT2D eigenvalue weighted by molar-refractivity contribution is -0.162. The van der Waals surface area contributed by atoms with E-state index in [1.807, 2.05) is 18.2 Å². The molecule has 4 rings (SSSR count). The summed E-state index contributed by atoms with van der Waals surface area (Å²) in [5, 5.41) is 9.62. The van der Waals surface area contributed by atoms with Crippen molar-refractivity contribution in [3.05, 3.63) is 35.9 Å². The Balaban J connectivity index is 0.00000133. The number of carboxylic acids is 1. The molecule has 1 aliphatic carbocycles. The number of carbonyl (C=O) groups is 1. The summed E-state index contributed by atoms with van der Waals surface area (Å²) in [6.07, 6.45) is 3.80. The van der Waals surface area contributed by atoms with Crippen molar-refractivity contribution in [1.29, 1.82) is 0 Å². The van der Waals surface area contributed by atoms with Crippen LogP contribution in [0.2, 0.25) is 0 Å². The topological polar surface area (TPSA) is 40.5 Å². The summed E-state index contributed by atoms with van der Waals surface area (Å²) in [4.78, 5) is 13.9. The van der Waals surface area contributed by atoms with Gasteiger partial charge in [0.25, 0.3) is 0 Å². The van der Waals surface area contributed by atoms with Crippen LogP contribution in [0.4, 0.5) is 0 Å². The van der Waals surface area contributed by atoms with Crippen LogP contribution in [0.15, 0.2) is 30.3 Å². The fourth-order valence-electron chi connectivity index (χ4n) is 3.51. The molecule has 0 spiro atoms. The summed E-state index contributed by atoms with van der Waals surface area (Å²) >= 11 is 0. The SMILES string of the molecule is Cl.O=C(O)C12CCC(CC1)CN2Cc1ccccc1. The Labute approximate surface area is 120 Å². The molecule has 0 aromatic heterocycles. The third kappa shape index (κ3) is 2.49. The van der Waals surface area contributed by atoms with E-state index in [1.54, 1.807) is 0 Å². The molecule has 3 aliphatic rings. The zero-order valence-electron chi connectivity index (χ0n) is 10.9. The number of halogens is 1. The van der Waals surface area contributed by atoms with E-state index in [-0.39, 0.29) is 12.4 Å². The highest BCUT2D eigenvalue weighted by Gasteiger charge is 2.51. The molecule has 2 aliphatic heterocycles. The Morgan fingerprint density at radius 1 is 1.26 bits per heavy atom. The van der Waals surface area contributed by atoms with Crippen molar-refractivity contribution in [1.82, 2.24) is 4.90 Å². The third-order valence-electron chi connectivity index (χ3n) is 4.63. The fraction of sp³-hybridized carbons (Fsp3) is 0.533. The zero-order valence-corrected chi connectivity index (χ0v) is 11.7. The molecular weight excluding hydrogens is 262 g/mol. The van der Waals surface area contributed by atoms with Gasteiger partial charge in [-0.05, 0) is 37.2 Å². The summed E-state index contributed by atoms with van der Waals surface area (Å²) < 4.78 is 0. The van der Waals surface area contributed by atoms with Gasteiger partial charge in [-0.3, -0.25) is 9.69 Å². The van der Waals surface area contributed by atoms with Crippen LogP contribution in [0.5, 0.6) is 0 Å². The second kappa shape index (κ2) is 5.51. The first kappa shape index (κ1) is 14.4. The van der Waals surface area contributed by atoms with Crippen LogP contribution in [0.1, 0.15) is 31.2 Å². The Morgan fingerprint density at radius 3 is 2.47 bits per heavy atom. The maximum atomic E-state index is 11.7. The Bertz CT molecular complexity index is 441. The standard InChI is InChI=1S/C15H19NO2.ClH/c17-14(18)15-8-6-13(7-9-15)11-16(15)10-12-4-2-1-3-5-12;/h1-5,13H,6-11H2,(H,17,18);1H. The number of nitrogens with zero attached hydrogens (tertiary/aromatic N) is 1. The molecular formula is C15H20ClNO2. The number of benzene rings is 1. The lowest BCUT2D eigenvalue weighted by Crippen LogP contribution is -2.62. The number of piperidine rings is 2. The first-order valence-electron chi connectivity index (χ1n) is 6.73. The summed E-state index contributed by atoms with van der Waals surface area (Å²) in [6, 6.07) is 10.2. The van der Waals surface area contributed by atoms with Gasteiger partial charge in [0.1, 0.15) is 5.54 Å². The second-order valence-electron chi connectivity index (χ2n) is 5.65. The smallest absolute Gasteiger partial charge is 0.324 e. The molecule has 0 atom stereocenters. The van der Waals surface area contributed by atoms with Crippen LogP contribution in [0.3, 0.4) is 0 Å². The van der Waals surface area contributed by atoms with E-state index in [1.165, 1.54) is 5.56 Å². The number of fused-ring (bicyclic) bond motifs is 3. The molecule has 2 saturated heterocycles. The van der Waals surface area contributed by atoms with E-state index in [0.717, 1.165) is 38.8 Å². The van der Waals surface area contributed by atoms with Crippen molar-refractivity contribution in [2.75, 3.05) is 6.54 Å². The summed E-state index contributed by atoms with van der Waals surface area (Å²) in [5.74, 6) is 0.0755. The van der Waals surface area contributed by atoms with Crippen LogP contribution in [-0.4, -0.2) is 28.1 Å². The molecule has 1 aromatic carbocycles. The molecule has 2 heterocycles. The van der Waals surface area contributed by atoms with Crippen molar-refractivity contribution in [3.63, 3.8) is 0 Å². The minimum absolute atomic E-state index is 0. The molecule has 19 heavy (non-hydrogen) atoms. The van der Waals surface area contributed by atoms with E-state index < -0.39 is 11.5 Å². The van der Waals surface area contributed by atoms with Gasteiger partial charge >= 0.3 is 5.97 Å². The van der Waals surface area contributed by atoms with Gasteiger partial charge in [0.2, 0.25) is 0 Å². The Kier molecular flexibility index (Phi) is 4.16. The van der Waals surface area contributed by atoms with Crippen LogP contribution >= 0.6 is 12.4 Å². The normalized spacial score (nSPS) is 29.8. The zero-order chi connectivity index (χ0) is 12.6. The molecule has 1 aromatic rings. The van der Waals surface area contributed by atoms with Crippen LogP contribution < -0.4 is 0 Å². The van der Waals surface area contributed by atoms with E-state index in [0.29, 0.717) is 5.92 Å². The van der Waals surface area contributed by atoms with E-state index >= 15 is 0 Å². The van der Waals surface area contributed by atoms with E-state index in [9.17, 15) is 9.90 Å². The fourth-order valence-corrected chi connectivity index (χ4v) is 3.51. The summed E-state index contributed by atoms with van der Waals surface area (Å²) in [7, 11) is 0. The second-order valence-corrected chi connectivity index (χ2v) is 5.65. The van der Waals surface area contributed by atoms with Gasteiger partial charge in [-0.1, -0.05) is 30.3 Å². The lowest BCUT2D eigenvalue weighted by atomic mass is 9.70. The number of rotatable bonds is 3. The van der Waals surface area contributed by atoms with Crippen molar-refractivity contribution < 1.29 is 9.90 Å². The van der Waals surface area contributed by atoms with Gasteiger partial charge in [-0.25, -0.2) is 0 Å². The Morgan fingerprint density at radius 2 is 1.89 bits per heavy atom. The van der Waals surface area contributed by atoms with Gasteiger partial charge in [-0.15, -0.1) is 12.4 Å². The van der Waals surface area contributed by atoms with E-state index in [2.05, 4.69) is 17.0 Å². The molecule has 1 N–H and O–H groups in total.